The summed E-state index contributed by atoms with van der Waals surface area (Å²) >= 11 is 0. The summed E-state index contributed by atoms with van der Waals surface area (Å²) in [4.78, 5) is 10.6. The predicted molar refractivity (Wildman–Crippen MR) is 95.9 cm³/mol. The van der Waals surface area contributed by atoms with E-state index in [1.165, 1.54) is 13.0 Å². The summed E-state index contributed by atoms with van der Waals surface area (Å²) in [6.45, 7) is 4.76. The zero-order chi connectivity index (χ0) is 18.0. The van der Waals surface area contributed by atoms with E-state index in [0.717, 1.165) is 44.9 Å². The highest BCUT2D eigenvalue weighted by molar-refractivity contribution is 5.65. The van der Waals surface area contributed by atoms with Gasteiger partial charge >= 0.3 is 5.97 Å². The van der Waals surface area contributed by atoms with Crippen molar-refractivity contribution in [2.75, 3.05) is 6.61 Å². The van der Waals surface area contributed by atoms with Crippen molar-refractivity contribution in [2.24, 2.45) is 0 Å². The summed E-state index contributed by atoms with van der Waals surface area (Å²) in [7, 11) is 0. The molecule has 0 aromatic heterocycles. The van der Waals surface area contributed by atoms with Gasteiger partial charge in [0.2, 0.25) is 0 Å². The minimum absolute atomic E-state index is 0.0177. The maximum Gasteiger partial charge on any atom is 0.302 e. The molecule has 0 aliphatic heterocycles. The summed E-state index contributed by atoms with van der Waals surface area (Å²) in [6, 6.07) is 0. The van der Waals surface area contributed by atoms with E-state index in [-0.39, 0.29) is 12.6 Å². The Hall–Kier alpha value is -2.01. The number of aliphatic hydroxyl groups is 2. The number of hydrogen-bond acceptors (Lipinski definition) is 4. The van der Waals surface area contributed by atoms with E-state index in [4.69, 9.17) is 9.84 Å². The van der Waals surface area contributed by atoms with E-state index in [1.54, 1.807) is 6.08 Å². The van der Waals surface area contributed by atoms with Crippen LogP contribution >= 0.6 is 0 Å². The first kappa shape index (κ1) is 22.0. The lowest BCUT2D eigenvalue weighted by Gasteiger charge is -2.05. The van der Waals surface area contributed by atoms with Crippen molar-refractivity contribution in [3.63, 3.8) is 0 Å². The molecule has 0 heterocycles. The number of esters is 1. The van der Waals surface area contributed by atoms with E-state index in [9.17, 15) is 9.90 Å². The van der Waals surface area contributed by atoms with Gasteiger partial charge in [0.25, 0.3) is 0 Å². The molecule has 0 bridgehead atoms. The van der Waals surface area contributed by atoms with Crippen molar-refractivity contribution in [1.29, 1.82) is 0 Å². The van der Waals surface area contributed by atoms with Crippen molar-refractivity contribution in [2.45, 2.75) is 64.1 Å². The first-order chi connectivity index (χ1) is 11.6. The van der Waals surface area contributed by atoms with Gasteiger partial charge in [0.15, 0.2) is 0 Å². The molecule has 2 unspecified atom stereocenters. The van der Waals surface area contributed by atoms with Gasteiger partial charge in [-0.2, -0.15) is 0 Å². The summed E-state index contributed by atoms with van der Waals surface area (Å²) in [5.41, 5.74) is 0. The maximum atomic E-state index is 10.6. The molecular formula is C20H28O4. The predicted octanol–water partition coefficient (Wildman–Crippen LogP) is 2.75. The second-order valence-corrected chi connectivity index (χ2v) is 5.36. The fourth-order valence-electron chi connectivity index (χ4n) is 1.79. The molecule has 0 saturated heterocycles. The van der Waals surface area contributed by atoms with Crippen LogP contribution in [0.1, 0.15) is 51.9 Å². The SMILES string of the molecule is C=CC(O)C#CC#CCCCCCCCC=CC(O)COC(C)=O. The van der Waals surface area contributed by atoms with Crippen LogP contribution in [0, 0.1) is 23.7 Å². The average Bonchev–Trinajstić information content (AvgIpc) is 2.56. The van der Waals surface area contributed by atoms with Gasteiger partial charge in [0.1, 0.15) is 18.8 Å². The highest BCUT2D eigenvalue weighted by Gasteiger charge is 2.00. The van der Waals surface area contributed by atoms with Crippen molar-refractivity contribution in [1.82, 2.24) is 0 Å². The molecular weight excluding hydrogens is 304 g/mol. The third-order valence-corrected chi connectivity index (χ3v) is 3.08. The molecule has 0 aliphatic carbocycles. The van der Waals surface area contributed by atoms with Gasteiger partial charge in [-0.3, -0.25) is 4.79 Å². The lowest BCUT2D eigenvalue weighted by atomic mass is 10.1. The monoisotopic (exact) mass is 332 g/mol. The number of carbonyl (C=O) groups is 1. The van der Waals surface area contributed by atoms with Crippen LogP contribution in [0.5, 0.6) is 0 Å². The van der Waals surface area contributed by atoms with Crippen molar-refractivity contribution in [3.8, 4) is 23.7 Å². The lowest BCUT2D eigenvalue weighted by molar-refractivity contribution is -0.143. The second-order valence-electron chi connectivity index (χ2n) is 5.36. The molecule has 24 heavy (non-hydrogen) atoms. The molecule has 132 valence electrons. The molecule has 0 amide bonds. The van der Waals surface area contributed by atoms with E-state index in [2.05, 4.69) is 30.3 Å². The molecule has 2 N–H and O–H groups in total. The van der Waals surface area contributed by atoms with Gasteiger partial charge in [-0.15, -0.1) is 0 Å². The molecule has 4 heteroatoms. The van der Waals surface area contributed by atoms with Gasteiger partial charge in [0, 0.05) is 13.3 Å². The quantitative estimate of drug-likeness (QED) is 0.264. The number of aliphatic hydroxyl groups excluding tert-OH is 2. The van der Waals surface area contributed by atoms with Gasteiger partial charge in [0.05, 0.1) is 0 Å². The zero-order valence-electron chi connectivity index (χ0n) is 14.5. The van der Waals surface area contributed by atoms with Crippen LogP contribution < -0.4 is 0 Å². The summed E-state index contributed by atoms with van der Waals surface area (Å²) in [5, 5.41) is 18.6. The number of unbranched alkanes of at least 4 members (excludes halogenated alkanes) is 6. The fraction of sp³-hybridized carbons (Fsp3) is 0.550. The molecule has 0 aromatic rings. The Bertz CT molecular complexity index is 499. The third kappa shape index (κ3) is 16.4. The molecule has 0 saturated carbocycles. The third-order valence-electron chi connectivity index (χ3n) is 3.08. The van der Waals surface area contributed by atoms with Crippen LogP contribution in [0.4, 0.5) is 0 Å². The summed E-state index contributed by atoms with van der Waals surface area (Å²) in [6.07, 6.45) is 10.7. The average molecular weight is 332 g/mol. The number of allylic oxidation sites excluding steroid dienone is 1. The number of hydrogen-bond donors (Lipinski definition) is 2. The highest BCUT2D eigenvalue weighted by atomic mass is 16.5. The molecule has 0 aromatic carbocycles. The number of carbonyl (C=O) groups excluding carboxylic acids is 1. The van der Waals surface area contributed by atoms with Crippen LogP contribution in [0.15, 0.2) is 24.8 Å². The Morgan fingerprint density at radius 3 is 2.58 bits per heavy atom. The Balaban J connectivity index is 3.48. The smallest absolute Gasteiger partial charge is 0.302 e. The van der Waals surface area contributed by atoms with Crippen LogP contribution in [0.2, 0.25) is 0 Å². The van der Waals surface area contributed by atoms with Crippen LogP contribution in [-0.2, 0) is 9.53 Å². The zero-order valence-corrected chi connectivity index (χ0v) is 14.5. The van der Waals surface area contributed by atoms with Gasteiger partial charge in [-0.25, -0.2) is 0 Å². The standard InChI is InChI=1S/C20H28O4/c1-3-19(22)15-13-11-9-7-5-4-6-8-10-12-14-16-20(23)17-24-18(2)21/h3,14,16,19-20,22-23H,1,4-8,10,12,17H2,2H3. The van der Waals surface area contributed by atoms with Crippen molar-refractivity contribution < 1.29 is 19.7 Å². The molecule has 0 radical (unpaired) electrons. The minimum Gasteiger partial charge on any atom is -0.463 e. The fourth-order valence-corrected chi connectivity index (χ4v) is 1.79. The lowest BCUT2D eigenvalue weighted by Crippen LogP contribution is -2.14. The van der Waals surface area contributed by atoms with Gasteiger partial charge in [-0.05, 0) is 31.1 Å². The van der Waals surface area contributed by atoms with E-state index in [0.29, 0.717) is 0 Å². The van der Waals surface area contributed by atoms with E-state index >= 15 is 0 Å². The van der Waals surface area contributed by atoms with E-state index < -0.39 is 12.2 Å². The normalized spacial score (nSPS) is 12.5. The van der Waals surface area contributed by atoms with Crippen LogP contribution in [0.3, 0.4) is 0 Å². The van der Waals surface area contributed by atoms with Gasteiger partial charge < -0.3 is 14.9 Å². The molecule has 0 aliphatic rings. The molecule has 0 rings (SSSR count). The first-order valence-corrected chi connectivity index (χ1v) is 8.33. The highest BCUT2D eigenvalue weighted by Crippen LogP contribution is 2.07. The molecule has 2 atom stereocenters. The molecule has 0 fully saturated rings. The minimum atomic E-state index is -0.795. The number of ether oxygens (including phenoxy) is 1. The van der Waals surface area contributed by atoms with E-state index in [1.807, 2.05) is 6.08 Å². The van der Waals surface area contributed by atoms with Crippen LogP contribution in [-0.4, -0.2) is 35.0 Å². The number of rotatable bonds is 11. The van der Waals surface area contributed by atoms with Gasteiger partial charge in [-0.1, -0.05) is 55.9 Å². The Labute approximate surface area is 145 Å². The first-order valence-electron chi connectivity index (χ1n) is 8.33. The molecule has 0 spiro atoms. The summed E-state index contributed by atoms with van der Waals surface area (Å²) < 4.78 is 4.70. The van der Waals surface area contributed by atoms with Crippen molar-refractivity contribution in [3.05, 3.63) is 24.8 Å². The molecule has 4 nitrogen and oxygen atoms in total. The Kier molecular flexibility index (Phi) is 14.5. The summed E-state index contributed by atoms with van der Waals surface area (Å²) in [5.74, 6) is 10.4. The van der Waals surface area contributed by atoms with Crippen molar-refractivity contribution >= 4 is 5.97 Å². The maximum absolute atomic E-state index is 10.6. The van der Waals surface area contributed by atoms with Crippen LogP contribution in [0.25, 0.3) is 0 Å². The Morgan fingerprint density at radius 1 is 1.17 bits per heavy atom. The Morgan fingerprint density at radius 2 is 1.88 bits per heavy atom. The largest absolute Gasteiger partial charge is 0.463 e. The second kappa shape index (κ2) is 15.9. The topological polar surface area (TPSA) is 66.8 Å².